The van der Waals surface area contributed by atoms with Gasteiger partial charge in [0, 0.05) is 11.1 Å². The highest BCUT2D eigenvalue weighted by atomic mass is 19.2. The van der Waals surface area contributed by atoms with Crippen LogP contribution in [-0.2, 0) is 9.59 Å². The second kappa shape index (κ2) is 6.60. The number of rotatable bonds is 3. The van der Waals surface area contributed by atoms with Crippen LogP contribution in [0.2, 0.25) is 0 Å². The normalized spacial score (nSPS) is 11.4. The molecule has 3 amide bonds. The first kappa shape index (κ1) is 16.3. The molecule has 0 unspecified atom stereocenters. The fourth-order valence-corrected chi connectivity index (χ4v) is 1.28. The van der Waals surface area contributed by atoms with E-state index in [4.69, 9.17) is 5.11 Å². The Morgan fingerprint density at radius 2 is 1.71 bits per heavy atom. The molecule has 6 nitrogen and oxygen atoms in total. The standard InChI is InChI=1S/C13H12F2N2O4/c1-6(7(2)12(19)20)11(18)17-13(21)16-9-5-3-4-8(14)10(9)15/h3-5H,1-2H3,(H,19,20)(H2,16,17,18,21). The zero-order chi connectivity index (χ0) is 16.2. The van der Waals surface area contributed by atoms with Gasteiger partial charge >= 0.3 is 12.0 Å². The molecule has 0 saturated carbocycles. The van der Waals surface area contributed by atoms with Crippen LogP contribution in [-0.4, -0.2) is 23.0 Å². The van der Waals surface area contributed by atoms with Gasteiger partial charge in [0.05, 0.1) is 5.69 Å². The Bertz CT molecular complexity index is 641. The largest absolute Gasteiger partial charge is 0.478 e. The van der Waals surface area contributed by atoms with Crippen molar-refractivity contribution in [2.45, 2.75) is 13.8 Å². The van der Waals surface area contributed by atoms with Crippen molar-refractivity contribution in [3.63, 3.8) is 0 Å². The summed E-state index contributed by atoms with van der Waals surface area (Å²) in [5, 5.41) is 12.5. The molecule has 21 heavy (non-hydrogen) atoms. The average Bonchev–Trinajstić information content (AvgIpc) is 2.41. The molecule has 0 bridgehead atoms. The highest BCUT2D eigenvalue weighted by molar-refractivity contribution is 6.10. The molecule has 8 heteroatoms. The summed E-state index contributed by atoms with van der Waals surface area (Å²) in [7, 11) is 0. The quantitative estimate of drug-likeness (QED) is 0.744. The van der Waals surface area contributed by atoms with Crippen LogP contribution in [0.1, 0.15) is 13.8 Å². The number of imide groups is 1. The molecule has 0 radical (unpaired) electrons. The molecular weight excluding hydrogens is 286 g/mol. The monoisotopic (exact) mass is 298 g/mol. The van der Waals surface area contributed by atoms with Crippen molar-refractivity contribution >= 4 is 23.6 Å². The van der Waals surface area contributed by atoms with Crippen molar-refractivity contribution in [3.8, 4) is 0 Å². The predicted octanol–water partition coefficient (Wildman–Crippen LogP) is 2.03. The molecule has 0 atom stereocenters. The zero-order valence-corrected chi connectivity index (χ0v) is 11.2. The van der Waals surface area contributed by atoms with Crippen LogP contribution in [0.5, 0.6) is 0 Å². The number of hydrogen-bond acceptors (Lipinski definition) is 3. The van der Waals surface area contributed by atoms with Crippen molar-refractivity contribution in [1.29, 1.82) is 0 Å². The van der Waals surface area contributed by atoms with E-state index in [1.54, 1.807) is 0 Å². The molecule has 1 aromatic carbocycles. The van der Waals surface area contributed by atoms with Crippen molar-refractivity contribution < 1.29 is 28.3 Å². The van der Waals surface area contributed by atoms with Gasteiger partial charge in [-0.1, -0.05) is 6.07 Å². The smallest absolute Gasteiger partial charge is 0.331 e. The summed E-state index contributed by atoms with van der Waals surface area (Å²) in [5.74, 6) is -4.69. The number of carboxylic acids is 1. The number of carbonyl (C=O) groups excluding carboxylic acids is 2. The van der Waals surface area contributed by atoms with Gasteiger partial charge < -0.3 is 10.4 Å². The van der Waals surface area contributed by atoms with Gasteiger partial charge in [0.25, 0.3) is 5.91 Å². The van der Waals surface area contributed by atoms with Crippen LogP contribution in [0.4, 0.5) is 19.3 Å². The van der Waals surface area contributed by atoms with Crippen LogP contribution in [0.15, 0.2) is 29.3 Å². The van der Waals surface area contributed by atoms with Crippen molar-refractivity contribution in [2.24, 2.45) is 0 Å². The van der Waals surface area contributed by atoms with E-state index in [-0.39, 0.29) is 11.1 Å². The zero-order valence-electron chi connectivity index (χ0n) is 11.2. The van der Waals surface area contributed by atoms with E-state index in [1.807, 2.05) is 10.6 Å². The lowest BCUT2D eigenvalue weighted by molar-refractivity contribution is -0.133. The van der Waals surface area contributed by atoms with Crippen molar-refractivity contribution in [1.82, 2.24) is 5.32 Å². The third-order valence-corrected chi connectivity index (χ3v) is 2.65. The van der Waals surface area contributed by atoms with Crippen LogP contribution in [0.25, 0.3) is 0 Å². The Morgan fingerprint density at radius 3 is 2.29 bits per heavy atom. The maximum absolute atomic E-state index is 13.3. The molecule has 0 spiro atoms. The van der Waals surface area contributed by atoms with E-state index < -0.39 is 35.2 Å². The van der Waals surface area contributed by atoms with Crippen LogP contribution < -0.4 is 10.6 Å². The van der Waals surface area contributed by atoms with E-state index in [1.165, 1.54) is 19.9 Å². The number of urea groups is 1. The first-order valence-electron chi connectivity index (χ1n) is 5.71. The number of carbonyl (C=O) groups is 3. The Labute approximate surface area is 118 Å². The number of carboxylic acid groups (broad SMARTS) is 1. The Kier molecular flexibility index (Phi) is 5.12. The summed E-state index contributed by atoms with van der Waals surface area (Å²) in [4.78, 5) is 33.7. The number of nitrogens with one attached hydrogen (secondary N) is 2. The average molecular weight is 298 g/mol. The van der Waals surface area contributed by atoms with Crippen LogP contribution in [0.3, 0.4) is 0 Å². The fourth-order valence-electron chi connectivity index (χ4n) is 1.28. The van der Waals surface area contributed by atoms with Gasteiger partial charge in [0.1, 0.15) is 0 Å². The summed E-state index contributed by atoms with van der Waals surface area (Å²) in [6.45, 7) is 2.41. The molecule has 0 aromatic heterocycles. The van der Waals surface area contributed by atoms with E-state index in [0.717, 1.165) is 12.1 Å². The molecular formula is C13H12F2N2O4. The maximum Gasteiger partial charge on any atom is 0.331 e. The second-order valence-electron chi connectivity index (χ2n) is 4.06. The summed E-state index contributed by atoms with van der Waals surface area (Å²) in [5.41, 5.74) is -0.869. The van der Waals surface area contributed by atoms with Crippen LogP contribution >= 0.6 is 0 Å². The van der Waals surface area contributed by atoms with Gasteiger partial charge in [-0.2, -0.15) is 0 Å². The molecule has 112 valence electrons. The van der Waals surface area contributed by atoms with Gasteiger partial charge in [-0.3, -0.25) is 10.1 Å². The summed E-state index contributed by atoms with van der Waals surface area (Å²) in [6, 6.07) is 2.04. The molecule has 0 heterocycles. The molecule has 0 aliphatic rings. The Balaban J connectivity index is 2.79. The summed E-state index contributed by atoms with van der Waals surface area (Å²) < 4.78 is 26.2. The predicted molar refractivity (Wildman–Crippen MR) is 69.5 cm³/mol. The first-order valence-corrected chi connectivity index (χ1v) is 5.71. The molecule has 3 N–H and O–H groups in total. The number of hydrogen-bond donors (Lipinski definition) is 3. The minimum absolute atomic E-state index is 0.183. The fraction of sp³-hybridized carbons (Fsp3) is 0.154. The first-order chi connectivity index (χ1) is 9.73. The van der Waals surface area contributed by atoms with Gasteiger partial charge in [0.2, 0.25) is 0 Å². The molecule has 1 rings (SSSR count). The lowest BCUT2D eigenvalue weighted by Crippen LogP contribution is -2.35. The molecule has 0 saturated heterocycles. The molecule has 0 aliphatic heterocycles. The molecule has 0 aliphatic carbocycles. The minimum atomic E-state index is -1.31. The maximum atomic E-state index is 13.3. The van der Waals surface area contributed by atoms with E-state index in [2.05, 4.69) is 0 Å². The number of halogens is 2. The van der Waals surface area contributed by atoms with Crippen molar-refractivity contribution in [3.05, 3.63) is 41.0 Å². The lowest BCUT2D eigenvalue weighted by Gasteiger charge is -2.08. The Hall–Kier alpha value is -2.77. The van der Waals surface area contributed by atoms with Gasteiger partial charge in [0.15, 0.2) is 11.6 Å². The van der Waals surface area contributed by atoms with Crippen LogP contribution in [0, 0.1) is 11.6 Å². The number of aliphatic carboxylic acids is 1. The topological polar surface area (TPSA) is 95.5 Å². The highest BCUT2D eigenvalue weighted by Gasteiger charge is 2.16. The minimum Gasteiger partial charge on any atom is -0.478 e. The van der Waals surface area contributed by atoms with Crippen molar-refractivity contribution in [2.75, 3.05) is 5.32 Å². The molecule has 0 fully saturated rings. The highest BCUT2D eigenvalue weighted by Crippen LogP contribution is 2.16. The van der Waals surface area contributed by atoms with E-state index in [0.29, 0.717) is 0 Å². The lowest BCUT2D eigenvalue weighted by atomic mass is 10.1. The third kappa shape index (κ3) is 4.10. The van der Waals surface area contributed by atoms with E-state index in [9.17, 15) is 23.2 Å². The third-order valence-electron chi connectivity index (χ3n) is 2.65. The number of benzene rings is 1. The van der Waals surface area contributed by atoms with Gasteiger partial charge in [-0.25, -0.2) is 18.4 Å². The number of anilines is 1. The number of amides is 3. The second-order valence-corrected chi connectivity index (χ2v) is 4.06. The van der Waals surface area contributed by atoms with E-state index >= 15 is 0 Å². The van der Waals surface area contributed by atoms with Gasteiger partial charge in [-0.15, -0.1) is 0 Å². The SMILES string of the molecule is CC(C(=O)O)=C(C)C(=O)NC(=O)Nc1cccc(F)c1F. The summed E-state index contributed by atoms with van der Waals surface area (Å²) >= 11 is 0. The molecule has 1 aromatic rings. The van der Waals surface area contributed by atoms with Gasteiger partial charge in [-0.05, 0) is 26.0 Å². The summed E-state index contributed by atoms with van der Waals surface area (Å²) in [6.07, 6.45) is 0. The Morgan fingerprint density at radius 1 is 1.10 bits per heavy atom.